The molecular weight excluding hydrogens is 340 g/mol. The molecule has 130 valence electrons. The van der Waals surface area contributed by atoms with Gasteiger partial charge in [0.2, 0.25) is 0 Å². The molecule has 0 aliphatic carbocycles. The number of aryl methyl sites for hydroxylation is 1. The molecule has 2 aromatic carbocycles. The van der Waals surface area contributed by atoms with Crippen LogP contribution >= 0.6 is 11.6 Å². The highest BCUT2D eigenvalue weighted by molar-refractivity contribution is 6.30. The van der Waals surface area contributed by atoms with Crippen LogP contribution in [0.5, 0.6) is 5.75 Å². The molecule has 1 fully saturated rings. The van der Waals surface area contributed by atoms with Crippen LogP contribution in [0.4, 0.5) is 4.79 Å². The van der Waals surface area contributed by atoms with Crippen molar-refractivity contribution in [3.63, 3.8) is 0 Å². The van der Waals surface area contributed by atoms with E-state index in [0.717, 1.165) is 12.0 Å². The van der Waals surface area contributed by atoms with E-state index in [2.05, 4.69) is 5.32 Å². The summed E-state index contributed by atoms with van der Waals surface area (Å²) in [6.45, 7) is 0.135. The van der Waals surface area contributed by atoms with Crippen molar-refractivity contribution in [2.75, 3.05) is 7.11 Å². The molecule has 6 heteroatoms. The normalized spacial score (nSPS) is 16.9. The number of imide groups is 1. The molecule has 3 rings (SSSR count). The summed E-state index contributed by atoms with van der Waals surface area (Å²) in [7, 11) is 1.54. The van der Waals surface area contributed by atoms with Crippen molar-refractivity contribution in [3.05, 3.63) is 64.7 Å². The fourth-order valence-corrected chi connectivity index (χ4v) is 3.11. The van der Waals surface area contributed by atoms with Crippen LogP contribution < -0.4 is 10.1 Å². The zero-order chi connectivity index (χ0) is 17.8. The summed E-state index contributed by atoms with van der Waals surface area (Å²) in [5.74, 6) is 0.376. The van der Waals surface area contributed by atoms with E-state index in [1.54, 1.807) is 25.3 Å². The number of nitrogens with one attached hydrogen (secondary N) is 1. The molecule has 1 N–H and O–H groups in total. The number of urea groups is 1. The summed E-state index contributed by atoms with van der Waals surface area (Å²) in [4.78, 5) is 26.0. The van der Waals surface area contributed by atoms with Crippen LogP contribution in [0.15, 0.2) is 48.5 Å². The number of ether oxygens (including phenoxy) is 1. The van der Waals surface area contributed by atoms with Crippen molar-refractivity contribution in [1.29, 1.82) is 0 Å². The summed E-state index contributed by atoms with van der Waals surface area (Å²) in [6, 6.07) is 14.1. The summed E-state index contributed by atoms with van der Waals surface area (Å²) in [5.41, 5.74) is 1.83. The van der Waals surface area contributed by atoms with Crippen LogP contribution in [-0.2, 0) is 17.8 Å². The number of hydrogen-bond acceptors (Lipinski definition) is 3. The Morgan fingerprint density at radius 1 is 1.16 bits per heavy atom. The first kappa shape index (κ1) is 17.3. The SMILES string of the molecule is COc1ccc(Cl)cc1CN1C(=O)N[C@@H](CCc2ccccc2)C1=O. The number of carbonyl (C=O) groups excluding carboxylic acids is 2. The Labute approximate surface area is 151 Å². The smallest absolute Gasteiger partial charge is 0.325 e. The lowest BCUT2D eigenvalue weighted by Crippen LogP contribution is -2.31. The average Bonchev–Trinajstić information content (AvgIpc) is 2.89. The Morgan fingerprint density at radius 3 is 2.64 bits per heavy atom. The first-order valence-electron chi connectivity index (χ1n) is 8.06. The summed E-state index contributed by atoms with van der Waals surface area (Å²) in [6.07, 6.45) is 1.30. The molecular formula is C19H19ClN2O3. The molecule has 1 saturated heterocycles. The predicted octanol–water partition coefficient (Wildman–Crippen LogP) is 3.40. The van der Waals surface area contributed by atoms with Crippen molar-refractivity contribution < 1.29 is 14.3 Å². The molecule has 5 nitrogen and oxygen atoms in total. The van der Waals surface area contributed by atoms with Crippen molar-refractivity contribution >= 4 is 23.5 Å². The van der Waals surface area contributed by atoms with Crippen LogP contribution in [0.3, 0.4) is 0 Å². The standard InChI is InChI=1S/C19H19ClN2O3/c1-25-17-10-8-15(20)11-14(17)12-22-18(23)16(21-19(22)24)9-7-13-5-3-2-4-6-13/h2-6,8,10-11,16H,7,9,12H2,1H3,(H,21,24)/t16-/m0/s1. The number of methoxy groups -OCH3 is 1. The molecule has 0 saturated carbocycles. The van der Waals surface area contributed by atoms with Crippen LogP contribution in [-0.4, -0.2) is 30.0 Å². The lowest BCUT2D eigenvalue weighted by atomic mass is 10.1. The van der Waals surface area contributed by atoms with E-state index < -0.39 is 6.04 Å². The van der Waals surface area contributed by atoms with Gasteiger partial charge in [0.1, 0.15) is 11.8 Å². The second-order valence-corrected chi connectivity index (χ2v) is 6.34. The van der Waals surface area contributed by atoms with E-state index in [4.69, 9.17) is 16.3 Å². The van der Waals surface area contributed by atoms with Gasteiger partial charge in [0.05, 0.1) is 13.7 Å². The zero-order valence-electron chi connectivity index (χ0n) is 13.9. The lowest BCUT2D eigenvalue weighted by Gasteiger charge is -2.16. The third-order valence-electron chi connectivity index (χ3n) is 4.24. The fraction of sp³-hybridized carbons (Fsp3) is 0.263. The number of amides is 3. The molecule has 0 bridgehead atoms. The van der Waals surface area contributed by atoms with Gasteiger partial charge in [0.15, 0.2) is 0 Å². The maximum absolute atomic E-state index is 12.6. The van der Waals surface area contributed by atoms with Gasteiger partial charge in [-0.15, -0.1) is 0 Å². The summed E-state index contributed by atoms with van der Waals surface area (Å²) in [5, 5.41) is 3.29. The molecule has 3 amide bonds. The Hall–Kier alpha value is -2.53. The molecule has 0 spiro atoms. The predicted molar refractivity (Wildman–Crippen MR) is 95.6 cm³/mol. The van der Waals surface area contributed by atoms with Crippen molar-refractivity contribution in [2.24, 2.45) is 0 Å². The first-order chi connectivity index (χ1) is 12.1. The number of rotatable bonds is 6. The zero-order valence-corrected chi connectivity index (χ0v) is 14.6. The third-order valence-corrected chi connectivity index (χ3v) is 4.48. The topological polar surface area (TPSA) is 58.6 Å². The molecule has 25 heavy (non-hydrogen) atoms. The van der Waals surface area contributed by atoms with E-state index in [1.807, 2.05) is 30.3 Å². The molecule has 0 aromatic heterocycles. The monoisotopic (exact) mass is 358 g/mol. The van der Waals surface area contributed by atoms with E-state index in [1.165, 1.54) is 4.90 Å². The minimum absolute atomic E-state index is 0.135. The van der Waals surface area contributed by atoms with Crippen molar-refractivity contribution in [1.82, 2.24) is 10.2 Å². The quantitative estimate of drug-likeness (QED) is 0.805. The molecule has 1 atom stereocenters. The maximum atomic E-state index is 12.6. The molecule has 1 aliphatic heterocycles. The van der Waals surface area contributed by atoms with Gasteiger partial charge in [-0.3, -0.25) is 9.69 Å². The van der Waals surface area contributed by atoms with Gasteiger partial charge in [-0.25, -0.2) is 4.79 Å². The number of hydrogen-bond donors (Lipinski definition) is 1. The van der Waals surface area contributed by atoms with Crippen LogP contribution in [0.25, 0.3) is 0 Å². The minimum Gasteiger partial charge on any atom is -0.496 e. The second-order valence-electron chi connectivity index (χ2n) is 5.91. The molecule has 0 unspecified atom stereocenters. The minimum atomic E-state index is -0.502. The summed E-state index contributed by atoms with van der Waals surface area (Å²) >= 11 is 6.02. The van der Waals surface area contributed by atoms with Gasteiger partial charge in [0, 0.05) is 10.6 Å². The fourth-order valence-electron chi connectivity index (χ4n) is 2.92. The van der Waals surface area contributed by atoms with Gasteiger partial charge < -0.3 is 10.1 Å². The van der Waals surface area contributed by atoms with Crippen LogP contribution in [0.2, 0.25) is 5.02 Å². The Morgan fingerprint density at radius 2 is 1.92 bits per heavy atom. The third kappa shape index (κ3) is 3.94. The largest absolute Gasteiger partial charge is 0.496 e. The van der Waals surface area contributed by atoms with Crippen LogP contribution in [0, 0.1) is 0 Å². The van der Waals surface area contributed by atoms with Gasteiger partial charge in [-0.2, -0.15) is 0 Å². The Kier molecular flexibility index (Phi) is 5.24. The van der Waals surface area contributed by atoms with E-state index in [-0.39, 0.29) is 18.5 Å². The van der Waals surface area contributed by atoms with Gasteiger partial charge >= 0.3 is 6.03 Å². The second kappa shape index (κ2) is 7.57. The Bertz CT molecular complexity index is 779. The summed E-state index contributed by atoms with van der Waals surface area (Å²) < 4.78 is 5.28. The van der Waals surface area contributed by atoms with Gasteiger partial charge in [0.25, 0.3) is 5.91 Å². The van der Waals surface area contributed by atoms with Gasteiger partial charge in [-0.1, -0.05) is 41.9 Å². The first-order valence-corrected chi connectivity index (χ1v) is 8.44. The van der Waals surface area contributed by atoms with E-state index in [0.29, 0.717) is 22.8 Å². The molecule has 0 radical (unpaired) electrons. The molecule has 2 aromatic rings. The van der Waals surface area contributed by atoms with Crippen molar-refractivity contribution in [2.45, 2.75) is 25.4 Å². The maximum Gasteiger partial charge on any atom is 0.325 e. The van der Waals surface area contributed by atoms with E-state index in [9.17, 15) is 9.59 Å². The number of carbonyl (C=O) groups is 2. The lowest BCUT2D eigenvalue weighted by molar-refractivity contribution is -0.128. The molecule has 1 aliphatic rings. The number of halogens is 1. The number of nitrogens with zero attached hydrogens (tertiary/aromatic N) is 1. The highest BCUT2D eigenvalue weighted by Crippen LogP contribution is 2.25. The number of benzene rings is 2. The Balaban J connectivity index is 1.68. The van der Waals surface area contributed by atoms with E-state index >= 15 is 0 Å². The average molecular weight is 359 g/mol. The van der Waals surface area contributed by atoms with Gasteiger partial charge in [-0.05, 0) is 36.6 Å². The molecule has 1 heterocycles. The highest BCUT2D eigenvalue weighted by atomic mass is 35.5. The highest BCUT2D eigenvalue weighted by Gasteiger charge is 2.37. The van der Waals surface area contributed by atoms with Crippen LogP contribution in [0.1, 0.15) is 17.5 Å². The van der Waals surface area contributed by atoms with Crippen molar-refractivity contribution in [3.8, 4) is 5.75 Å².